The molecule has 1 N–H and O–H groups in total. The van der Waals surface area contributed by atoms with Gasteiger partial charge in [-0.15, -0.1) is 0 Å². The third-order valence-electron chi connectivity index (χ3n) is 2.30. The van der Waals surface area contributed by atoms with E-state index < -0.39 is 0 Å². The van der Waals surface area contributed by atoms with E-state index in [0.717, 1.165) is 17.7 Å². The second-order valence-corrected chi connectivity index (χ2v) is 3.07. The van der Waals surface area contributed by atoms with Gasteiger partial charge < -0.3 is 9.84 Å². The van der Waals surface area contributed by atoms with Gasteiger partial charge in [0.2, 0.25) is 0 Å². The first-order valence-corrected chi connectivity index (χ1v) is 4.37. The average molecular weight is 182 g/mol. The highest BCUT2D eigenvalue weighted by molar-refractivity contribution is 5.43. The van der Waals surface area contributed by atoms with Crippen molar-refractivity contribution >= 4 is 0 Å². The molecule has 1 aliphatic heterocycles. The highest BCUT2D eigenvalue weighted by Crippen LogP contribution is 2.30. The van der Waals surface area contributed by atoms with E-state index in [-0.39, 0.29) is 12.4 Å². The minimum Gasteiger partial charge on any atom is -0.493 e. The molecular weight excluding hydrogens is 171 g/mol. The van der Waals surface area contributed by atoms with Crippen LogP contribution in [-0.4, -0.2) is 18.3 Å². The fraction of sp³-hybridized carbons (Fsp3) is 0.400. The lowest BCUT2D eigenvalue weighted by atomic mass is 10.0. The Morgan fingerprint density at radius 3 is 3.08 bits per heavy atom. The van der Waals surface area contributed by atoms with E-state index >= 15 is 0 Å². The summed E-state index contributed by atoms with van der Waals surface area (Å²) in [6.45, 7) is 0.602. The topological polar surface area (TPSA) is 29.5 Å². The number of halogens is 1. The van der Waals surface area contributed by atoms with E-state index in [4.69, 9.17) is 9.84 Å². The highest BCUT2D eigenvalue weighted by Gasteiger charge is 2.18. The molecule has 0 saturated heterocycles. The molecule has 0 unspecified atom stereocenters. The molecule has 2 rings (SSSR count). The number of hydrogen-bond donors (Lipinski definition) is 1. The van der Waals surface area contributed by atoms with Gasteiger partial charge in [-0.05, 0) is 24.1 Å². The average Bonchev–Trinajstić information content (AvgIpc) is 2.58. The van der Waals surface area contributed by atoms with Crippen LogP contribution >= 0.6 is 0 Å². The maximum atomic E-state index is 13.3. The second kappa shape index (κ2) is 3.34. The molecule has 0 atom stereocenters. The van der Waals surface area contributed by atoms with E-state index in [9.17, 15) is 4.39 Å². The van der Waals surface area contributed by atoms with Crippen molar-refractivity contribution in [2.24, 2.45) is 0 Å². The van der Waals surface area contributed by atoms with Gasteiger partial charge in [-0.2, -0.15) is 0 Å². The van der Waals surface area contributed by atoms with Gasteiger partial charge in [-0.25, -0.2) is 4.39 Å². The molecule has 1 aromatic rings. The summed E-state index contributed by atoms with van der Waals surface area (Å²) < 4.78 is 18.6. The summed E-state index contributed by atoms with van der Waals surface area (Å²) in [7, 11) is 0. The van der Waals surface area contributed by atoms with Gasteiger partial charge in [-0.1, -0.05) is 0 Å². The van der Waals surface area contributed by atoms with Gasteiger partial charge in [-0.3, -0.25) is 0 Å². The minimum atomic E-state index is -0.238. The summed E-state index contributed by atoms with van der Waals surface area (Å²) in [6.07, 6.45) is 1.13. The molecule has 0 aromatic heterocycles. The van der Waals surface area contributed by atoms with Crippen molar-refractivity contribution in [1.82, 2.24) is 0 Å². The van der Waals surface area contributed by atoms with Crippen molar-refractivity contribution in [2.45, 2.75) is 12.8 Å². The number of ether oxygens (including phenoxy) is 1. The molecule has 3 heteroatoms. The summed E-state index contributed by atoms with van der Waals surface area (Å²) in [5, 5.41) is 8.77. The van der Waals surface area contributed by atoms with Gasteiger partial charge in [0, 0.05) is 18.6 Å². The van der Waals surface area contributed by atoms with Crippen LogP contribution in [0.1, 0.15) is 11.1 Å². The molecule has 0 amide bonds. The Labute approximate surface area is 76.0 Å². The number of benzene rings is 1. The maximum Gasteiger partial charge on any atom is 0.127 e. The lowest BCUT2D eigenvalue weighted by Crippen LogP contribution is -1.99. The Morgan fingerprint density at radius 2 is 2.31 bits per heavy atom. The maximum absolute atomic E-state index is 13.3. The van der Waals surface area contributed by atoms with E-state index in [1.54, 1.807) is 6.07 Å². The fourth-order valence-corrected chi connectivity index (χ4v) is 1.70. The fourth-order valence-electron chi connectivity index (χ4n) is 1.70. The largest absolute Gasteiger partial charge is 0.493 e. The molecule has 13 heavy (non-hydrogen) atoms. The number of hydrogen-bond acceptors (Lipinski definition) is 2. The Kier molecular flexibility index (Phi) is 2.19. The first-order valence-electron chi connectivity index (χ1n) is 4.37. The van der Waals surface area contributed by atoms with Gasteiger partial charge in [0.25, 0.3) is 0 Å². The second-order valence-electron chi connectivity index (χ2n) is 3.07. The van der Waals surface area contributed by atoms with Crippen molar-refractivity contribution in [3.63, 3.8) is 0 Å². The molecular formula is C10H11FO2. The minimum absolute atomic E-state index is 0.0205. The predicted octanol–water partition coefficient (Wildman–Crippen LogP) is 1.30. The van der Waals surface area contributed by atoms with Crippen molar-refractivity contribution in [2.75, 3.05) is 13.2 Å². The Balaban J connectivity index is 2.45. The van der Waals surface area contributed by atoms with E-state index in [0.29, 0.717) is 18.6 Å². The summed E-state index contributed by atoms with van der Waals surface area (Å²) in [5.41, 5.74) is 1.53. The number of aliphatic hydroxyl groups is 1. The van der Waals surface area contributed by atoms with Crippen LogP contribution in [0.2, 0.25) is 0 Å². The quantitative estimate of drug-likeness (QED) is 0.746. The van der Waals surface area contributed by atoms with Crippen LogP contribution in [0.25, 0.3) is 0 Å². The number of rotatable bonds is 2. The van der Waals surface area contributed by atoms with Crippen LogP contribution in [0.3, 0.4) is 0 Å². The highest BCUT2D eigenvalue weighted by atomic mass is 19.1. The smallest absolute Gasteiger partial charge is 0.127 e. The molecule has 70 valence electrons. The molecule has 0 radical (unpaired) electrons. The van der Waals surface area contributed by atoms with E-state index in [2.05, 4.69) is 0 Å². The van der Waals surface area contributed by atoms with E-state index in [1.807, 2.05) is 0 Å². The zero-order chi connectivity index (χ0) is 9.26. The number of fused-ring (bicyclic) bond motifs is 1. The molecule has 1 heterocycles. The SMILES string of the molecule is OCCc1c(F)ccc2c1CCO2. The van der Waals surface area contributed by atoms with Gasteiger partial charge >= 0.3 is 0 Å². The summed E-state index contributed by atoms with van der Waals surface area (Å²) in [6, 6.07) is 3.05. The van der Waals surface area contributed by atoms with Crippen LogP contribution in [0.15, 0.2) is 12.1 Å². The molecule has 1 aliphatic rings. The zero-order valence-corrected chi connectivity index (χ0v) is 7.22. The van der Waals surface area contributed by atoms with Crippen LogP contribution in [0.4, 0.5) is 4.39 Å². The molecule has 0 bridgehead atoms. The lowest BCUT2D eigenvalue weighted by molar-refractivity contribution is 0.297. The zero-order valence-electron chi connectivity index (χ0n) is 7.22. The van der Waals surface area contributed by atoms with Crippen LogP contribution < -0.4 is 4.74 Å². The van der Waals surface area contributed by atoms with E-state index in [1.165, 1.54) is 6.07 Å². The first kappa shape index (κ1) is 8.51. The van der Waals surface area contributed by atoms with Crippen LogP contribution in [-0.2, 0) is 12.8 Å². The Morgan fingerprint density at radius 1 is 1.46 bits per heavy atom. The van der Waals surface area contributed by atoms with Gasteiger partial charge in [0.15, 0.2) is 0 Å². The molecule has 0 aliphatic carbocycles. The van der Waals surface area contributed by atoms with Crippen LogP contribution in [0, 0.1) is 5.82 Å². The molecule has 0 spiro atoms. The van der Waals surface area contributed by atoms with Crippen molar-refractivity contribution < 1.29 is 14.2 Å². The van der Waals surface area contributed by atoms with Crippen molar-refractivity contribution in [1.29, 1.82) is 0 Å². The summed E-state index contributed by atoms with van der Waals surface area (Å²) >= 11 is 0. The standard InChI is InChI=1S/C10H11FO2/c11-9-1-2-10-8(4-6-13-10)7(9)3-5-12/h1-2,12H,3-6H2. The first-order chi connectivity index (χ1) is 6.33. The summed E-state index contributed by atoms with van der Waals surface area (Å²) in [5.74, 6) is 0.531. The number of aliphatic hydroxyl groups excluding tert-OH is 1. The molecule has 0 saturated carbocycles. The van der Waals surface area contributed by atoms with Gasteiger partial charge in [0.05, 0.1) is 6.61 Å². The van der Waals surface area contributed by atoms with Gasteiger partial charge in [0.1, 0.15) is 11.6 Å². The normalized spacial score (nSPS) is 14.0. The lowest BCUT2D eigenvalue weighted by Gasteiger charge is -2.06. The van der Waals surface area contributed by atoms with Crippen molar-refractivity contribution in [3.05, 3.63) is 29.1 Å². The predicted molar refractivity (Wildman–Crippen MR) is 46.4 cm³/mol. The molecule has 2 nitrogen and oxygen atoms in total. The van der Waals surface area contributed by atoms with Crippen molar-refractivity contribution in [3.8, 4) is 5.75 Å². The monoisotopic (exact) mass is 182 g/mol. The molecule has 0 fully saturated rings. The third kappa shape index (κ3) is 1.40. The molecule has 1 aromatic carbocycles. The van der Waals surface area contributed by atoms with Crippen LogP contribution in [0.5, 0.6) is 5.75 Å². The third-order valence-corrected chi connectivity index (χ3v) is 2.30. The Hall–Kier alpha value is -1.09. The Bertz CT molecular complexity index is 323. The summed E-state index contributed by atoms with van der Waals surface area (Å²) in [4.78, 5) is 0.